The topological polar surface area (TPSA) is 102 Å². The number of nitrogens with two attached hydrogens (primary N) is 1. The van der Waals surface area contributed by atoms with E-state index in [2.05, 4.69) is 6.07 Å². The normalized spacial score (nSPS) is 14.9. The molecule has 6 rings (SSSR count). The summed E-state index contributed by atoms with van der Waals surface area (Å²) in [6.07, 6.45) is 0. The molecule has 3 heterocycles. The molecule has 1 atom stereocenters. The Morgan fingerprint density at radius 3 is 2.54 bits per heavy atom. The Bertz CT molecular complexity index is 1850. The molecule has 3 aromatic carbocycles. The van der Waals surface area contributed by atoms with Crippen LogP contribution in [0.15, 0.2) is 103 Å². The van der Waals surface area contributed by atoms with Crippen LogP contribution in [0.4, 0.5) is 0 Å². The summed E-state index contributed by atoms with van der Waals surface area (Å²) in [4.78, 5) is 19.4. The molecule has 6 nitrogen and oxygen atoms in total. The summed E-state index contributed by atoms with van der Waals surface area (Å²) in [5, 5.41) is 12.4. The van der Waals surface area contributed by atoms with Gasteiger partial charge in [0.05, 0.1) is 22.4 Å². The molecule has 0 spiro atoms. The quantitative estimate of drug-likeness (QED) is 0.287. The smallest absolute Gasteiger partial charge is 0.344 e. The Balaban J connectivity index is 1.69. The Kier molecular flexibility index (Phi) is 5.47. The maximum absolute atomic E-state index is 13.5. The number of aryl methyl sites for hydroxylation is 2. The first kappa shape index (κ1) is 22.9. The monoisotopic (exact) mass is 503 g/mol. The molecule has 0 amide bonds. The lowest BCUT2D eigenvalue weighted by Gasteiger charge is -2.27. The highest BCUT2D eigenvalue weighted by Crippen LogP contribution is 2.47. The Labute approximate surface area is 217 Å². The lowest BCUT2D eigenvalue weighted by atomic mass is 9.84. The first-order valence-corrected chi connectivity index (χ1v) is 12.5. The summed E-state index contributed by atoms with van der Waals surface area (Å²) in [6, 6.07) is 25.5. The minimum absolute atomic E-state index is 0.0339. The SMILES string of the molecule is Cc1ccc2nc(Sc3ccccc3)c(C3C(C#N)=C(N)Oc4c3c(=O)oc3ccc(C)cc43)cc2c1. The zero-order valence-electron chi connectivity index (χ0n) is 20.1. The molecule has 7 heteroatoms. The van der Waals surface area contributed by atoms with Crippen LogP contribution in [-0.2, 0) is 0 Å². The van der Waals surface area contributed by atoms with Crippen LogP contribution in [0, 0.1) is 25.2 Å². The van der Waals surface area contributed by atoms with Gasteiger partial charge >= 0.3 is 5.63 Å². The van der Waals surface area contributed by atoms with Gasteiger partial charge in [-0.3, -0.25) is 0 Å². The predicted octanol–water partition coefficient (Wildman–Crippen LogP) is 6.33. The molecule has 5 aromatic rings. The number of pyridine rings is 1. The van der Waals surface area contributed by atoms with Crippen molar-refractivity contribution >= 4 is 33.6 Å². The van der Waals surface area contributed by atoms with Crippen LogP contribution in [0.25, 0.3) is 21.9 Å². The number of benzene rings is 3. The minimum atomic E-state index is -0.807. The molecule has 0 aliphatic carbocycles. The summed E-state index contributed by atoms with van der Waals surface area (Å²) < 4.78 is 11.7. The van der Waals surface area contributed by atoms with Crippen molar-refractivity contribution in [2.45, 2.75) is 29.7 Å². The number of fused-ring (bicyclic) bond motifs is 4. The second-order valence-electron chi connectivity index (χ2n) is 9.05. The van der Waals surface area contributed by atoms with Crippen LogP contribution < -0.4 is 16.1 Å². The summed E-state index contributed by atoms with van der Waals surface area (Å²) in [6.45, 7) is 3.96. The third kappa shape index (κ3) is 3.92. The third-order valence-electron chi connectivity index (χ3n) is 6.45. The third-order valence-corrected chi connectivity index (χ3v) is 7.48. The number of allylic oxidation sites excluding steroid dienone is 1. The van der Waals surface area contributed by atoms with Crippen LogP contribution in [0.2, 0.25) is 0 Å². The zero-order valence-corrected chi connectivity index (χ0v) is 20.9. The van der Waals surface area contributed by atoms with Gasteiger partial charge in [0.15, 0.2) is 5.75 Å². The molecule has 1 aliphatic heterocycles. The highest BCUT2D eigenvalue weighted by Gasteiger charge is 2.37. The van der Waals surface area contributed by atoms with E-state index in [4.69, 9.17) is 19.9 Å². The largest absolute Gasteiger partial charge is 0.439 e. The van der Waals surface area contributed by atoms with E-state index in [9.17, 15) is 10.1 Å². The molecular formula is C30H21N3O3S. The van der Waals surface area contributed by atoms with E-state index in [1.807, 2.05) is 80.6 Å². The van der Waals surface area contributed by atoms with Gasteiger partial charge in [-0.15, -0.1) is 0 Å². The first-order chi connectivity index (χ1) is 17.9. The van der Waals surface area contributed by atoms with Crippen LogP contribution in [0.1, 0.15) is 28.2 Å². The van der Waals surface area contributed by atoms with Gasteiger partial charge in [-0.25, -0.2) is 9.78 Å². The fourth-order valence-corrected chi connectivity index (χ4v) is 5.68. The maximum Gasteiger partial charge on any atom is 0.344 e. The summed E-state index contributed by atoms with van der Waals surface area (Å²) in [5.74, 6) is -0.525. The standard InChI is InChI=1S/C30H21N3O3S/c1-16-8-10-23-18(12-16)14-21(29(33-23)37-19-6-4-3-5-7-19)25-22(15-31)28(32)36-27-20-13-17(2)9-11-24(20)35-30(34)26(25)27/h3-14,25H,32H2,1-2H3. The molecule has 0 fully saturated rings. The lowest BCUT2D eigenvalue weighted by molar-refractivity contribution is 0.387. The molecule has 180 valence electrons. The summed E-state index contributed by atoms with van der Waals surface area (Å²) >= 11 is 1.47. The van der Waals surface area contributed by atoms with Gasteiger partial charge in [-0.1, -0.05) is 53.2 Å². The van der Waals surface area contributed by atoms with Crippen molar-refractivity contribution in [3.8, 4) is 11.8 Å². The van der Waals surface area contributed by atoms with Gasteiger partial charge in [0.25, 0.3) is 0 Å². The van der Waals surface area contributed by atoms with Crippen molar-refractivity contribution in [1.82, 2.24) is 4.98 Å². The van der Waals surface area contributed by atoms with Crippen LogP contribution in [-0.4, -0.2) is 4.98 Å². The van der Waals surface area contributed by atoms with Gasteiger partial charge in [0, 0.05) is 10.3 Å². The van der Waals surface area contributed by atoms with E-state index in [1.54, 1.807) is 6.07 Å². The van der Waals surface area contributed by atoms with Crippen molar-refractivity contribution in [3.63, 3.8) is 0 Å². The van der Waals surface area contributed by atoms with Gasteiger partial charge in [-0.05, 0) is 61.9 Å². The number of nitrogens with zero attached hydrogens (tertiary/aromatic N) is 2. The van der Waals surface area contributed by atoms with Gasteiger partial charge in [0.1, 0.15) is 22.3 Å². The molecule has 1 aliphatic rings. The number of nitriles is 1. The molecular weight excluding hydrogens is 482 g/mol. The fraction of sp³-hybridized carbons (Fsp3) is 0.100. The average Bonchev–Trinajstić information content (AvgIpc) is 2.89. The first-order valence-electron chi connectivity index (χ1n) is 11.7. The predicted molar refractivity (Wildman–Crippen MR) is 144 cm³/mol. The zero-order chi connectivity index (χ0) is 25.7. The average molecular weight is 504 g/mol. The second-order valence-corrected chi connectivity index (χ2v) is 10.1. The van der Waals surface area contributed by atoms with E-state index < -0.39 is 11.5 Å². The van der Waals surface area contributed by atoms with Crippen molar-refractivity contribution in [2.24, 2.45) is 5.73 Å². The summed E-state index contributed by atoms with van der Waals surface area (Å²) in [7, 11) is 0. The van der Waals surface area contributed by atoms with Gasteiger partial charge < -0.3 is 14.9 Å². The van der Waals surface area contributed by atoms with Gasteiger partial charge in [0.2, 0.25) is 5.88 Å². The van der Waals surface area contributed by atoms with E-state index >= 15 is 0 Å². The Morgan fingerprint density at radius 1 is 1.00 bits per heavy atom. The van der Waals surface area contributed by atoms with E-state index in [0.29, 0.717) is 27.3 Å². The molecule has 2 N–H and O–H groups in total. The Morgan fingerprint density at radius 2 is 1.76 bits per heavy atom. The van der Waals surface area contributed by atoms with Crippen LogP contribution >= 0.6 is 11.8 Å². The van der Waals surface area contributed by atoms with Crippen LogP contribution in [0.3, 0.4) is 0 Å². The molecule has 2 aromatic heterocycles. The number of hydrogen-bond acceptors (Lipinski definition) is 7. The maximum atomic E-state index is 13.5. The van der Waals surface area contributed by atoms with E-state index in [1.165, 1.54) is 11.8 Å². The van der Waals surface area contributed by atoms with Crippen molar-refractivity contribution < 1.29 is 9.15 Å². The fourth-order valence-electron chi connectivity index (χ4n) is 4.73. The highest BCUT2D eigenvalue weighted by atomic mass is 32.2. The molecule has 0 saturated carbocycles. The molecule has 0 bridgehead atoms. The van der Waals surface area contributed by atoms with E-state index in [-0.39, 0.29) is 17.0 Å². The number of rotatable bonds is 3. The molecule has 0 saturated heterocycles. The number of hydrogen-bond donors (Lipinski definition) is 1. The summed E-state index contributed by atoms with van der Waals surface area (Å²) in [5.41, 5.74) is 10.1. The lowest BCUT2D eigenvalue weighted by Crippen LogP contribution is -2.27. The number of ether oxygens (including phenoxy) is 1. The molecule has 1 unspecified atom stereocenters. The van der Waals surface area contributed by atoms with Gasteiger partial charge in [-0.2, -0.15) is 5.26 Å². The van der Waals surface area contributed by atoms with Crippen molar-refractivity contribution in [2.75, 3.05) is 0 Å². The number of aromatic nitrogens is 1. The van der Waals surface area contributed by atoms with E-state index in [0.717, 1.165) is 26.9 Å². The molecule has 37 heavy (non-hydrogen) atoms. The van der Waals surface area contributed by atoms with Crippen molar-refractivity contribution in [3.05, 3.63) is 117 Å². The van der Waals surface area contributed by atoms with Crippen molar-refractivity contribution in [1.29, 1.82) is 5.26 Å². The highest BCUT2D eigenvalue weighted by molar-refractivity contribution is 7.99. The Hall–Kier alpha value is -4.54. The molecule has 0 radical (unpaired) electrons. The second kappa shape index (κ2) is 8.84. The van der Waals surface area contributed by atoms with Crippen LogP contribution in [0.5, 0.6) is 5.75 Å². The minimum Gasteiger partial charge on any atom is -0.439 e.